The molecule has 0 unspecified atom stereocenters. The zero-order valence-electron chi connectivity index (χ0n) is 20.3. The maximum absolute atomic E-state index is 6.08. The van der Waals surface area contributed by atoms with E-state index in [9.17, 15) is 0 Å². The number of nitrogens with zero attached hydrogens (tertiary/aromatic N) is 2. The number of rotatable bonds is 16. The third kappa shape index (κ3) is 9.40. The quantitative estimate of drug-likeness (QED) is 0.200. The fourth-order valence-electron chi connectivity index (χ4n) is 3.99. The number of unbranched alkanes of at least 4 members (excludes halogenated alkanes) is 8. The number of aromatic nitrogens is 2. The molecule has 2 aromatic carbocycles. The number of aryl methyl sites for hydroxylation is 1. The van der Waals surface area contributed by atoms with E-state index < -0.39 is 0 Å². The minimum absolute atomic E-state index is 0.593. The van der Waals surface area contributed by atoms with Crippen LogP contribution in [-0.4, -0.2) is 16.7 Å². The van der Waals surface area contributed by atoms with Gasteiger partial charge < -0.3 is 9.84 Å². The van der Waals surface area contributed by atoms with Crippen LogP contribution in [0.4, 0.5) is 0 Å². The molecule has 0 bridgehead atoms. The van der Waals surface area contributed by atoms with Crippen LogP contribution in [0.3, 0.4) is 0 Å². The number of benzene rings is 2. The lowest BCUT2D eigenvalue weighted by molar-refractivity contribution is 0.421. The molecule has 0 saturated heterocycles. The Labute approximate surface area is 214 Å². The van der Waals surface area contributed by atoms with E-state index in [1.54, 1.807) is 0 Å². The van der Waals surface area contributed by atoms with Gasteiger partial charge in [0, 0.05) is 18.5 Å². The molecule has 184 valence electrons. The summed E-state index contributed by atoms with van der Waals surface area (Å²) >= 11 is 12.1. The van der Waals surface area contributed by atoms with Gasteiger partial charge in [0.25, 0.3) is 5.89 Å². The molecule has 1 aromatic heterocycles. The van der Waals surface area contributed by atoms with Crippen LogP contribution in [0.5, 0.6) is 0 Å². The Balaban J connectivity index is 1.32. The van der Waals surface area contributed by atoms with Crippen molar-refractivity contribution in [3.05, 3.63) is 69.5 Å². The standard InChI is InChI=1S/C28H37Cl2N3O/c1-2-3-4-5-6-7-8-9-10-11-27-32-28(34-33-27)24-15-12-23(13-16-24)21-31-19-18-22-14-17-25(29)26(30)20-22/h12-17,20,31H,2-11,18-19,21H2,1H3. The molecule has 6 heteroatoms. The number of nitrogens with one attached hydrogen (secondary N) is 1. The third-order valence-corrected chi connectivity index (χ3v) is 6.82. The van der Waals surface area contributed by atoms with E-state index in [4.69, 9.17) is 27.7 Å². The van der Waals surface area contributed by atoms with Gasteiger partial charge in [0.15, 0.2) is 5.82 Å². The fourth-order valence-corrected chi connectivity index (χ4v) is 4.31. The van der Waals surface area contributed by atoms with Crippen LogP contribution in [0.1, 0.15) is 81.7 Å². The van der Waals surface area contributed by atoms with Gasteiger partial charge in [-0.2, -0.15) is 4.98 Å². The first kappa shape index (κ1) is 26.7. The van der Waals surface area contributed by atoms with Gasteiger partial charge in [-0.15, -0.1) is 0 Å². The molecular formula is C28H37Cl2N3O. The van der Waals surface area contributed by atoms with Crippen molar-refractivity contribution < 1.29 is 4.52 Å². The molecule has 1 heterocycles. The Kier molecular flexibility index (Phi) is 11.9. The van der Waals surface area contributed by atoms with Crippen LogP contribution in [0.25, 0.3) is 11.5 Å². The Morgan fingerprint density at radius 3 is 2.15 bits per heavy atom. The molecule has 0 fully saturated rings. The van der Waals surface area contributed by atoms with E-state index >= 15 is 0 Å². The molecule has 0 saturated carbocycles. The summed E-state index contributed by atoms with van der Waals surface area (Å²) in [6.45, 7) is 3.93. The maximum Gasteiger partial charge on any atom is 0.257 e. The average molecular weight is 503 g/mol. The van der Waals surface area contributed by atoms with Gasteiger partial charge in [-0.1, -0.05) is 105 Å². The highest BCUT2D eigenvalue weighted by Crippen LogP contribution is 2.23. The predicted molar refractivity (Wildman–Crippen MR) is 143 cm³/mol. The van der Waals surface area contributed by atoms with Gasteiger partial charge in [0.1, 0.15) is 0 Å². The first-order valence-electron chi connectivity index (χ1n) is 12.7. The Morgan fingerprint density at radius 2 is 1.44 bits per heavy atom. The molecule has 0 radical (unpaired) electrons. The Morgan fingerprint density at radius 1 is 0.765 bits per heavy atom. The largest absolute Gasteiger partial charge is 0.334 e. The molecule has 3 aromatic rings. The second-order valence-corrected chi connectivity index (χ2v) is 9.78. The lowest BCUT2D eigenvalue weighted by atomic mass is 10.1. The van der Waals surface area contributed by atoms with Gasteiger partial charge in [0.05, 0.1) is 10.0 Å². The molecular weight excluding hydrogens is 465 g/mol. The van der Waals surface area contributed by atoms with E-state index in [0.29, 0.717) is 15.9 Å². The van der Waals surface area contributed by atoms with Crippen molar-refractivity contribution in [3.63, 3.8) is 0 Å². The van der Waals surface area contributed by atoms with Crippen molar-refractivity contribution in [1.82, 2.24) is 15.5 Å². The van der Waals surface area contributed by atoms with E-state index in [2.05, 4.69) is 34.5 Å². The molecule has 3 rings (SSSR count). The molecule has 0 aliphatic heterocycles. The van der Waals surface area contributed by atoms with Crippen molar-refractivity contribution >= 4 is 23.2 Å². The number of halogens is 2. The SMILES string of the molecule is CCCCCCCCCCCc1noc(-c2ccc(CNCCc3ccc(Cl)c(Cl)c3)cc2)n1. The topological polar surface area (TPSA) is 51.0 Å². The third-order valence-electron chi connectivity index (χ3n) is 6.08. The van der Waals surface area contributed by atoms with Crippen molar-refractivity contribution in [2.24, 2.45) is 0 Å². The first-order valence-corrected chi connectivity index (χ1v) is 13.5. The van der Waals surface area contributed by atoms with Crippen LogP contribution >= 0.6 is 23.2 Å². The zero-order valence-corrected chi connectivity index (χ0v) is 21.8. The average Bonchev–Trinajstić information content (AvgIpc) is 3.32. The highest BCUT2D eigenvalue weighted by atomic mass is 35.5. The molecule has 0 atom stereocenters. The van der Waals surface area contributed by atoms with E-state index in [-0.39, 0.29) is 0 Å². The summed E-state index contributed by atoms with van der Waals surface area (Å²) in [5.74, 6) is 1.41. The van der Waals surface area contributed by atoms with Gasteiger partial charge >= 0.3 is 0 Å². The smallest absolute Gasteiger partial charge is 0.257 e. The molecule has 0 spiro atoms. The van der Waals surface area contributed by atoms with Crippen LogP contribution in [-0.2, 0) is 19.4 Å². The van der Waals surface area contributed by atoms with E-state index in [0.717, 1.165) is 43.7 Å². The van der Waals surface area contributed by atoms with Crippen molar-refractivity contribution in [2.75, 3.05) is 6.54 Å². The summed E-state index contributed by atoms with van der Waals surface area (Å²) < 4.78 is 5.49. The minimum Gasteiger partial charge on any atom is -0.334 e. The van der Waals surface area contributed by atoms with Gasteiger partial charge in [0.2, 0.25) is 0 Å². The molecule has 34 heavy (non-hydrogen) atoms. The van der Waals surface area contributed by atoms with Crippen molar-refractivity contribution in [1.29, 1.82) is 0 Å². The van der Waals surface area contributed by atoms with E-state index in [1.807, 2.05) is 30.3 Å². The normalized spacial score (nSPS) is 11.3. The second kappa shape index (κ2) is 15.2. The van der Waals surface area contributed by atoms with Gasteiger partial charge in [-0.05, 0) is 54.8 Å². The molecule has 4 nitrogen and oxygen atoms in total. The van der Waals surface area contributed by atoms with Crippen molar-refractivity contribution in [2.45, 2.75) is 84.1 Å². The molecule has 0 aliphatic carbocycles. The van der Waals surface area contributed by atoms with Crippen LogP contribution in [0.2, 0.25) is 10.0 Å². The van der Waals surface area contributed by atoms with Crippen LogP contribution in [0.15, 0.2) is 47.0 Å². The Bertz CT molecular complexity index is 972. The summed E-state index contributed by atoms with van der Waals surface area (Å²) in [5.41, 5.74) is 3.35. The summed E-state index contributed by atoms with van der Waals surface area (Å²) in [4.78, 5) is 4.59. The highest BCUT2D eigenvalue weighted by Gasteiger charge is 2.09. The predicted octanol–water partition coefficient (Wildman–Crippen LogP) is 8.45. The summed E-state index contributed by atoms with van der Waals surface area (Å²) in [7, 11) is 0. The molecule has 0 amide bonds. The lowest BCUT2D eigenvalue weighted by Gasteiger charge is -2.06. The van der Waals surface area contributed by atoms with Gasteiger partial charge in [-0.3, -0.25) is 0 Å². The summed E-state index contributed by atoms with van der Waals surface area (Å²) in [6.07, 6.45) is 13.6. The monoisotopic (exact) mass is 501 g/mol. The Hall–Kier alpha value is -1.88. The van der Waals surface area contributed by atoms with Crippen LogP contribution in [0, 0.1) is 0 Å². The molecule has 0 aliphatic rings. The minimum atomic E-state index is 0.593. The van der Waals surface area contributed by atoms with Crippen LogP contribution < -0.4 is 5.32 Å². The second-order valence-electron chi connectivity index (χ2n) is 8.97. The number of hydrogen-bond acceptors (Lipinski definition) is 4. The maximum atomic E-state index is 6.08. The summed E-state index contributed by atoms with van der Waals surface area (Å²) in [5, 5.41) is 8.83. The zero-order chi connectivity index (χ0) is 24.0. The molecule has 1 N–H and O–H groups in total. The lowest BCUT2D eigenvalue weighted by Crippen LogP contribution is -2.16. The summed E-state index contributed by atoms with van der Waals surface area (Å²) in [6, 6.07) is 14.1. The van der Waals surface area contributed by atoms with Crippen molar-refractivity contribution in [3.8, 4) is 11.5 Å². The van der Waals surface area contributed by atoms with Gasteiger partial charge in [-0.25, -0.2) is 0 Å². The highest BCUT2D eigenvalue weighted by molar-refractivity contribution is 6.42. The number of hydrogen-bond donors (Lipinski definition) is 1. The fraction of sp³-hybridized carbons (Fsp3) is 0.500. The van der Waals surface area contributed by atoms with E-state index in [1.165, 1.54) is 62.5 Å². The first-order chi connectivity index (χ1) is 16.7.